The third kappa shape index (κ3) is 7.12. The highest BCUT2D eigenvalue weighted by Gasteiger charge is 2.09. The van der Waals surface area contributed by atoms with E-state index >= 15 is 0 Å². The van der Waals surface area contributed by atoms with Crippen molar-refractivity contribution in [2.75, 3.05) is 7.11 Å². The van der Waals surface area contributed by atoms with Gasteiger partial charge in [0.05, 0.1) is 17.9 Å². The van der Waals surface area contributed by atoms with E-state index in [1.165, 1.54) is 89.0 Å². The van der Waals surface area contributed by atoms with E-state index < -0.39 is 0 Å². The van der Waals surface area contributed by atoms with Crippen molar-refractivity contribution in [1.29, 1.82) is 0 Å². The van der Waals surface area contributed by atoms with Crippen LogP contribution in [0.2, 0.25) is 0 Å². The molecule has 3 aromatic rings. The largest absolute Gasteiger partial charge is 0.497 e. The topological polar surface area (TPSA) is 39.4 Å². The van der Waals surface area contributed by atoms with Gasteiger partial charge in [-0.05, 0) is 48.7 Å². The quantitative estimate of drug-likeness (QED) is 0.177. The first-order valence-electron chi connectivity index (χ1n) is 12.8. The van der Waals surface area contributed by atoms with Crippen molar-refractivity contribution < 1.29 is 9.15 Å². The molecule has 0 fully saturated rings. The number of fused-ring (bicyclic) bond motifs is 2. The summed E-state index contributed by atoms with van der Waals surface area (Å²) in [6.45, 7) is 2.28. The third-order valence-corrected chi connectivity index (χ3v) is 6.51. The van der Waals surface area contributed by atoms with Crippen LogP contribution >= 0.6 is 0 Å². The fourth-order valence-electron chi connectivity index (χ4n) is 4.51. The lowest BCUT2D eigenvalue weighted by molar-refractivity contribution is 0.415. The van der Waals surface area contributed by atoms with Gasteiger partial charge >= 0.3 is 0 Å². The molecular formula is C29H40O3. The van der Waals surface area contributed by atoms with E-state index in [0.717, 1.165) is 6.42 Å². The summed E-state index contributed by atoms with van der Waals surface area (Å²) in [6.07, 6.45) is 18.8. The number of hydrogen-bond acceptors (Lipinski definition) is 3. The molecule has 0 saturated carbocycles. The van der Waals surface area contributed by atoms with E-state index in [1.54, 1.807) is 13.2 Å². The summed E-state index contributed by atoms with van der Waals surface area (Å²) in [5.41, 5.74) is 2.55. The molecule has 3 nitrogen and oxygen atoms in total. The first-order chi connectivity index (χ1) is 15.7. The molecule has 0 spiro atoms. The van der Waals surface area contributed by atoms with Crippen molar-refractivity contribution >= 4 is 21.9 Å². The normalized spacial score (nSPS) is 11.4. The zero-order valence-electron chi connectivity index (χ0n) is 20.1. The van der Waals surface area contributed by atoms with E-state index in [4.69, 9.17) is 9.15 Å². The predicted molar refractivity (Wildman–Crippen MR) is 136 cm³/mol. The summed E-state index contributed by atoms with van der Waals surface area (Å²) in [5, 5.41) is 1.21. The zero-order chi connectivity index (χ0) is 22.6. The monoisotopic (exact) mass is 436 g/mol. The summed E-state index contributed by atoms with van der Waals surface area (Å²) in [6, 6.07) is 11.4. The second kappa shape index (κ2) is 13.3. The van der Waals surface area contributed by atoms with E-state index in [1.807, 2.05) is 24.3 Å². The molecule has 0 radical (unpaired) electrons. The van der Waals surface area contributed by atoms with Gasteiger partial charge in [0.25, 0.3) is 0 Å². The maximum Gasteiger partial charge on any atom is 0.200 e. The molecule has 0 aliphatic heterocycles. The zero-order valence-corrected chi connectivity index (χ0v) is 20.1. The second-order valence-corrected chi connectivity index (χ2v) is 9.12. The fraction of sp³-hybridized carbons (Fsp3) is 0.552. The Labute approximate surface area is 193 Å². The van der Waals surface area contributed by atoms with Crippen LogP contribution in [0.4, 0.5) is 0 Å². The number of unbranched alkanes of at least 4 members (excludes halogenated alkanes) is 12. The minimum atomic E-state index is 0.00709. The summed E-state index contributed by atoms with van der Waals surface area (Å²) in [5.74, 6) is 0.670. The van der Waals surface area contributed by atoms with E-state index in [9.17, 15) is 4.79 Å². The van der Waals surface area contributed by atoms with E-state index in [0.29, 0.717) is 27.7 Å². The molecule has 1 aromatic heterocycles. The molecule has 0 atom stereocenters. The molecule has 32 heavy (non-hydrogen) atoms. The molecule has 0 amide bonds. The molecule has 0 bridgehead atoms. The van der Waals surface area contributed by atoms with Crippen LogP contribution in [0.25, 0.3) is 21.9 Å². The van der Waals surface area contributed by atoms with Crippen LogP contribution in [-0.2, 0) is 6.42 Å². The van der Waals surface area contributed by atoms with Crippen molar-refractivity contribution in [2.24, 2.45) is 0 Å². The highest BCUT2D eigenvalue weighted by molar-refractivity contribution is 5.90. The number of rotatable bonds is 15. The standard InChI is InChI=1S/C29H40O3/c1-3-4-5-6-7-8-9-10-11-12-13-14-15-16-23-17-19-25-28(21-23)32-27-20-18-24(31-2)22-26(27)29(25)30/h17-22H,3-16H2,1-2H3. The SMILES string of the molecule is CCCCCCCCCCCCCCCc1ccc2c(=O)c3cc(OC)ccc3oc2c1. The molecule has 2 aromatic carbocycles. The molecular weight excluding hydrogens is 396 g/mol. The van der Waals surface area contributed by atoms with E-state index in [-0.39, 0.29) is 5.43 Å². The average molecular weight is 437 g/mol. The van der Waals surface area contributed by atoms with Crippen molar-refractivity contribution in [1.82, 2.24) is 0 Å². The van der Waals surface area contributed by atoms with Crippen LogP contribution in [0, 0.1) is 0 Å². The van der Waals surface area contributed by atoms with E-state index in [2.05, 4.69) is 13.0 Å². The fourth-order valence-corrected chi connectivity index (χ4v) is 4.51. The highest BCUT2D eigenvalue weighted by Crippen LogP contribution is 2.24. The molecule has 3 rings (SSSR count). The predicted octanol–water partition coefficient (Wildman–Crippen LogP) is 8.59. The molecule has 0 saturated heterocycles. The van der Waals surface area contributed by atoms with Crippen LogP contribution in [0.3, 0.4) is 0 Å². The summed E-state index contributed by atoms with van der Waals surface area (Å²) < 4.78 is 11.3. The van der Waals surface area contributed by atoms with Gasteiger partial charge in [0, 0.05) is 0 Å². The van der Waals surface area contributed by atoms with Gasteiger partial charge in [-0.15, -0.1) is 0 Å². The van der Waals surface area contributed by atoms with Gasteiger partial charge in [0.1, 0.15) is 16.9 Å². The lowest BCUT2D eigenvalue weighted by atomic mass is 10.0. The number of methoxy groups -OCH3 is 1. The Morgan fingerprint density at radius 3 is 1.94 bits per heavy atom. The molecule has 0 unspecified atom stereocenters. The first kappa shape index (κ1) is 24.4. The second-order valence-electron chi connectivity index (χ2n) is 9.12. The number of ether oxygens (including phenoxy) is 1. The maximum atomic E-state index is 12.8. The first-order valence-corrected chi connectivity index (χ1v) is 12.8. The average Bonchev–Trinajstić information content (AvgIpc) is 2.82. The van der Waals surface area contributed by atoms with Crippen LogP contribution < -0.4 is 10.2 Å². The number of benzene rings is 2. The maximum absolute atomic E-state index is 12.8. The Balaban J connectivity index is 1.38. The van der Waals surface area contributed by atoms with Gasteiger partial charge in [-0.2, -0.15) is 0 Å². The minimum absolute atomic E-state index is 0.00709. The smallest absolute Gasteiger partial charge is 0.200 e. The Kier molecular flexibility index (Phi) is 10.1. The van der Waals surface area contributed by atoms with Gasteiger partial charge in [-0.25, -0.2) is 0 Å². The van der Waals surface area contributed by atoms with Crippen LogP contribution in [0.5, 0.6) is 5.75 Å². The molecule has 0 aliphatic rings. The Morgan fingerprint density at radius 1 is 0.688 bits per heavy atom. The Morgan fingerprint density at radius 2 is 1.31 bits per heavy atom. The van der Waals surface area contributed by atoms with Crippen molar-refractivity contribution in [2.45, 2.75) is 96.8 Å². The number of hydrogen-bond donors (Lipinski definition) is 0. The lowest BCUT2D eigenvalue weighted by Gasteiger charge is -2.06. The molecule has 1 heterocycles. The third-order valence-electron chi connectivity index (χ3n) is 6.51. The van der Waals surface area contributed by atoms with Crippen molar-refractivity contribution in [3.63, 3.8) is 0 Å². The van der Waals surface area contributed by atoms with Crippen LogP contribution in [-0.4, -0.2) is 7.11 Å². The molecule has 3 heteroatoms. The highest BCUT2D eigenvalue weighted by atomic mass is 16.5. The number of aryl methyl sites for hydroxylation is 1. The van der Waals surface area contributed by atoms with Crippen LogP contribution in [0.15, 0.2) is 45.6 Å². The summed E-state index contributed by atoms with van der Waals surface area (Å²) in [7, 11) is 1.60. The lowest BCUT2D eigenvalue weighted by Crippen LogP contribution is -2.02. The van der Waals surface area contributed by atoms with Gasteiger partial charge in [-0.1, -0.05) is 90.0 Å². The van der Waals surface area contributed by atoms with Gasteiger partial charge in [0.2, 0.25) is 5.43 Å². The summed E-state index contributed by atoms with van der Waals surface area (Å²) in [4.78, 5) is 12.8. The van der Waals surface area contributed by atoms with Gasteiger partial charge < -0.3 is 9.15 Å². The molecule has 0 aliphatic carbocycles. The minimum Gasteiger partial charge on any atom is -0.497 e. The van der Waals surface area contributed by atoms with Gasteiger partial charge in [-0.3, -0.25) is 4.79 Å². The van der Waals surface area contributed by atoms with Gasteiger partial charge in [0.15, 0.2) is 0 Å². The summed E-state index contributed by atoms with van der Waals surface area (Å²) >= 11 is 0. The Hall–Kier alpha value is -2.29. The van der Waals surface area contributed by atoms with Crippen molar-refractivity contribution in [3.05, 3.63) is 52.2 Å². The Bertz CT molecular complexity index is 1020. The molecule has 174 valence electrons. The van der Waals surface area contributed by atoms with Crippen LogP contribution in [0.1, 0.15) is 96.0 Å². The molecule has 0 N–H and O–H groups in total. The van der Waals surface area contributed by atoms with Crippen molar-refractivity contribution in [3.8, 4) is 5.75 Å².